The number of nitrogens with zero attached hydrogens (tertiary/aromatic N) is 2. The second kappa shape index (κ2) is 13.9. The summed E-state index contributed by atoms with van der Waals surface area (Å²) in [5.74, 6) is -1.33. The minimum Gasteiger partial charge on any atom is -0.478 e. The first-order valence-corrected chi connectivity index (χ1v) is 14.6. The lowest BCUT2D eigenvalue weighted by molar-refractivity contribution is 0.0213. The summed E-state index contributed by atoms with van der Waals surface area (Å²) in [5.41, 5.74) is 1.47. The van der Waals surface area contributed by atoms with Gasteiger partial charge in [0.2, 0.25) is 0 Å². The Labute approximate surface area is 253 Å². The summed E-state index contributed by atoms with van der Waals surface area (Å²) in [7, 11) is 1.36. The predicted octanol–water partition coefficient (Wildman–Crippen LogP) is 7.00. The van der Waals surface area contributed by atoms with Crippen molar-refractivity contribution >= 4 is 24.1 Å². The third-order valence-corrected chi connectivity index (χ3v) is 6.97. The summed E-state index contributed by atoms with van der Waals surface area (Å²) in [6.45, 7) is 12.4. The fraction of sp³-hybridized carbons (Fsp3) is 0.515. The number of hydrogen-bond donors (Lipinski definition) is 1. The molecule has 0 spiro atoms. The Balaban J connectivity index is 0.000000236. The van der Waals surface area contributed by atoms with Gasteiger partial charge in [0, 0.05) is 13.1 Å². The average molecular weight is 597 g/mol. The molecular formula is C33H44N2O8. The molecule has 234 valence electrons. The molecule has 0 radical (unpaired) electrons. The van der Waals surface area contributed by atoms with Gasteiger partial charge in [-0.25, -0.2) is 19.2 Å². The summed E-state index contributed by atoms with van der Waals surface area (Å²) in [4.78, 5) is 50.7. The Bertz CT molecular complexity index is 1310. The molecule has 2 aliphatic heterocycles. The van der Waals surface area contributed by atoms with Gasteiger partial charge in [0.1, 0.15) is 11.2 Å². The molecule has 10 heteroatoms. The van der Waals surface area contributed by atoms with Crippen LogP contribution in [0.3, 0.4) is 0 Å². The molecule has 1 N–H and O–H groups in total. The lowest BCUT2D eigenvalue weighted by Crippen LogP contribution is -2.36. The summed E-state index contributed by atoms with van der Waals surface area (Å²) in [5, 5.41) is 9.07. The summed E-state index contributed by atoms with van der Waals surface area (Å²) < 4.78 is 15.6. The van der Waals surface area contributed by atoms with E-state index in [1.165, 1.54) is 7.11 Å². The first-order valence-electron chi connectivity index (χ1n) is 14.6. The van der Waals surface area contributed by atoms with Gasteiger partial charge < -0.3 is 29.1 Å². The highest BCUT2D eigenvalue weighted by Crippen LogP contribution is 2.34. The summed E-state index contributed by atoms with van der Waals surface area (Å²) >= 11 is 0. The molecule has 0 bridgehead atoms. The number of amides is 2. The molecule has 0 aromatic heterocycles. The van der Waals surface area contributed by atoms with Crippen LogP contribution in [0.2, 0.25) is 0 Å². The number of benzene rings is 2. The molecule has 2 aliphatic rings. The molecule has 2 fully saturated rings. The van der Waals surface area contributed by atoms with E-state index < -0.39 is 17.2 Å². The number of rotatable bonds is 4. The Morgan fingerprint density at radius 1 is 0.721 bits per heavy atom. The third kappa shape index (κ3) is 9.46. The van der Waals surface area contributed by atoms with Crippen LogP contribution in [-0.4, -0.2) is 70.4 Å². The highest BCUT2D eigenvalue weighted by molar-refractivity contribution is 5.89. The predicted molar refractivity (Wildman–Crippen MR) is 161 cm³/mol. The van der Waals surface area contributed by atoms with Gasteiger partial charge >= 0.3 is 24.1 Å². The van der Waals surface area contributed by atoms with E-state index in [9.17, 15) is 19.2 Å². The van der Waals surface area contributed by atoms with Crippen LogP contribution >= 0.6 is 0 Å². The Kier molecular flexibility index (Phi) is 10.8. The second-order valence-electron chi connectivity index (χ2n) is 12.7. The van der Waals surface area contributed by atoms with Crippen molar-refractivity contribution in [2.75, 3.05) is 20.2 Å². The highest BCUT2D eigenvalue weighted by Gasteiger charge is 2.34. The number of methoxy groups -OCH3 is 1. The molecule has 2 aromatic rings. The summed E-state index contributed by atoms with van der Waals surface area (Å²) in [6, 6.07) is 13.8. The van der Waals surface area contributed by atoms with Crippen LogP contribution in [0.25, 0.3) is 0 Å². The molecule has 43 heavy (non-hydrogen) atoms. The van der Waals surface area contributed by atoms with Crippen molar-refractivity contribution < 1.29 is 38.5 Å². The van der Waals surface area contributed by atoms with E-state index in [0.29, 0.717) is 18.7 Å². The normalized spacial score (nSPS) is 18.4. The van der Waals surface area contributed by atoms with Gasteiger partial charge in [0.25, 0.3) is 0 Å². The topological polar surface area (TPSA) is 123 Å². The van der Waals surface area contributed by atoms with Crippen LogP contribution in [0.1, 0.15) is 111 Å². The van der Waals surface area contributed by atoms with Gasteiger partial charge in [0.05, 0.1) is 30.3 Å². The lowest BCUT2D eigenvalue weighted by Gasteiger charge is -2.29. The number of aromatic carboxylic acids is 1. The second-order valence-corrected chi connectivity index (χ2v) is 12.7. The largest absolute Gasteiger partial charge is 0.478 e. The number of carboxylic acids is 1. The van der Waals surface area contributed by atoms with Crippen molar-refractivity contribution in [3.05, 3.63) is 70.8 Å². The number of hydrogen-bond acceptors (Lipinski definition) is 7. The molecule has 0 saturated carbocycles. The molecule has 2 aromatic carbocycles. The number of ether oxygens (including phenoxy) is 3. The van der Waals surface area contributed by atoms with Gasteiger partial charge in [-0.2, -0.15) is 0 Å². The van der Waals surface area contributed by atoms with E-state index >= 15 is 0 Å². The van der Waals surface area contributed by atoms with Crippen LogP contribution in [0.4, 0.5) is 9.59 Å². The zero-order valence-electron chi connectivity index (χ0n) is 26.2. The maximum absolute atomic E-state index is 12.3. The van der Waals surface area contributed by atoms with E-state index in [-0.39, 0.29) is 35.8 Å². The van der Waals surface area contributed by atoms with Crippen molar-refractivity contribution in [1.82, 2.24) is 9.80 Å². The van der Waals surface area contributed by atoms with E-state index in [1.807, 2.05) is 59.7 Å². The van der Waals surface area contributed by atoms with Gasteiger partial charge in [-0.3, -0.25) is 0 Å². The monoisotopic (exact) mass is 596 g/mol. The fourth-order valence-corrected chi connectivity index (χ4v) is 5.17. The fourth-order valence-electron chi connectivity index (χ4n) is 5.17. The van der Waals surface area contributed by atoms with Crippen LogP contribution < -0.4 is 0 Å². The number of carbonyl (C=O) groups excluding carboxylic acids is 3. The zero-order valence-corrected chi connectivity index (χ0v) is 26.2. The van der Waals surface area contributed by atoms with Crippen LogP contribution in [0, 0.1) is 0 Å². The van der Waals surface area contributed by atoms with Crippen LogP contribution in [0.5, 0.6) is 0 Å². The minimum absolute atomic E-state index is 0.0561. The van der Waals surface area contributed by atoms with Crippen molar-refractivity contribution in [3.8, 4) is 0 Å². The molecule has 0 aliphatic carbocycles. The molecule has 2 saturated heterocycles. The maximum atomic E-state index is 12.3. The van der Waals surface area contributed by atoms with Crippen LogP contribution in [0.15, 0.2) is 48.5 Å². The molecule has 2 heterocycles. The number of likely N-dealkylation sites (tertiary alicyclic amines) is 2. The van der Waals surface area contributed by atoms with E-state index in [2.05, 4.69) is 0 Å². The van der Waals surface area contributed by atoms with Gasteiger partial charge in [-0.1, -0.05) is 24.3 Å². The Morgan fingerprint density at radius 2 is 1.14 bits per heavy atom. The van der Waals surface area contributed by atoms with Gasteiger partial charge in [-0.05, 0) is 103 Å². The minimum atomic E-state index is -0.960. The van der Waals surface area contributed by atoms with Crippen molar-refractivity contribution in [2.24, 2.45) is 0 Å². The van der Waals surface area contributed by atoms with E-state index in [1.54, 1.807) is 40.1 Å². The third-order valence-electron chi connectivity index (χ3n) is 6.97. The molecule has 2 atom stereocenters. The first-order chi connectivity index (χ1) is 20.1. The zero-order chi connectivity index (χ0) is 31.9. The van der Waals surface area contributed by atoms with Crippen molar-refractivity contribution in [3.63, 3.8) is 0 Å². The Morgan fingerprint density at radius 3 is 1.53 bits per heavy atom. The lowest BCUT2D eigenvalue weighted by atomic mass is 10.0. The number of esters is 1. The highest BCUT2D eigenvalue weighted by atomic mass is 16.6. The van der Waals surface area contributed by atoms with Crippen molar-refractivity contribution in [1.29, 1.82) is 0 Å². The van der Waals surface area contributed by atoms with Gasteiger partial charge in [-0.15, -0.1) is 0 Å². The molecule has 0 unspecified atom stereocenters. The molecule has 2 amide bonds. The van der Waals surface area contributed by atoms with Crippen LogP contribution in [-0.2, 0) is 14.2 Å². The average Bonchev–Trinajstić information content (AvgIpc) is 3.62. The van der Waals surface area contributed by atoms with E-state index in [4.69, 9.17) is 19.3 Å². The standard InChI is InChI=1S/C17H23NO4.C16H21NO4/c1-17(2,3)22-16(20)18-10-6-9-14(18)12-7-5-8-13(11-12)15(19)21-4;1-16(2,3)21-15(20)17-9-5-8-13(17)11-6-4-7-12(10-11)14(18)19/h5,7-8,11,14H,6,9-10H2,1-4H3;4,6-7,10,13H,5,8-9H2,1-3H3,(H,18,19)/t14-;13-/m11/s1. The number of carbonyl (C=O) groups is 4. The molecule has 4 rings (SSSR count). The first kappa shape index (κ1) is 33.4. The smallest absolute Gasteiger partial charge is 0.410 e. The van der Waals surface area contributed by atoms with Crippen molar-refractivity contribution in [2.45, 2.75) is 90.5 Å². The number of carboxylic acid groups (broad SMARTS) is 1. The van der Waals surface area contributed by atoms with Gasteiger partial charge in [0.15, 0.2) is 0 Å². The molecular weight excluding hydrogens is 552 g/mol. The Hall–Kier alpha value is -4.08. The quantitative estimate of drug-likeness (QED) is 0.296. The molecule has 10 nitrogen and oxygen atoms in total. The maximum Gasteiger partial charge on any atom is 0.410 e. The summed E-state index contributed by atoms with van der Waals surface area (Å²) in [6.07, 6.45) is 2.85. The van der Waals surface area contributed by atoms with E-state index in [0.717, 1.165) is 36.8 Å². The SMILES string of the molecule is CC(C)(C)OC(=O)N1CCC[C@@H]1c1cccc(C(=O)O)c1.COC(=O)c1cccc([C@H]2CCCN2C(=O)OC(C)(C)C)c1.